The number of hydrogen-bond acceptors (Lipinski definition) is 3. The van der Waals surface area contributed by atoms with Gasteiger partial charge in [0.05, 0.1) is 33.5 Å². The first-order valence-electron chi connectivity index (χ1n) is 23.0. The number of benzene rings is 10. The van der Waals surface area contributed by atoms with Crippen LogP contribution in [0.2, 0.25) is 0 Å². The Kier molecular flexibility index (Phi) is 9.43. The molecule has 5 heteroatoms. The molecule has 3 heterocycles. The minimum absolute atomic E-state index is 0.894. The van der Waals surface area contributed by atoms with Gasteiger partial charge in [-0.2, -0.15) is 0 Å². The molecule has 0 spiro atoms. The first kappa shape index (κ1) is 39.2. The summed E-state index contributed by atoms with van der Waals surface area (Å²) in [6.45, 7) is 0. The van der Waals surface area contributed by atoms with E-state index in [1.165, 1.54) is 21.5 Å². The van der Waals surface area contributed by atoms with Crippen LogP contribution >= 0.6 is 0 Å². The number of pyridine rings is 1. The highest BCUT2D eigenvalue weighted by Gasteiger charge is 2.21. The lowest BCUT2D eigenvalue weighted by Gasteiger charge is -2.18. The maximum Gasteiger partial charge on any atom is 0.145 e. The Bertz CT molecular complexity index is 3740. The Morgan fingerprint density at radius 3 is 1.04 bits per heavy atom. The predicted molar refractivity (Wildman–Crippen MR) is 281 cm³/mol. The first-order chi connectivity index (χ1) is 33.7. The molecule has 0 aliphatic carbocycles. The van der Waals surface area contributed by atoms with Gasteiger partial charge in [-0.05, 0) is 99.4 Å². The zero-order chi connectivity index (χ0) is 45.0. The van der Waals surface area contributed by atoms with Crippen molar-refractivity contribution in [3.63, 3.8) is 0 Å². The third-order valence-electron chi connectivity index (χ3n) is 13.1. The highest BCUT2D eigenvalue weighted by molar-refractivity contribution is 5.97. The molecule has 0 atom stereocenters. The van der Waals surface area contributed by atoms with Gasteiger partial charge in [0.1, 0.15) is 11.6 Å². The van der Waals surface area contributed by atoms with Crippen molar-refractivity contribution in [2.24, 2.45) is 0 Å². The minimum atomic E-state index is 0.894. The van der Waals surface area contributed by atoms with E-state index >= 15 is 0 Å². The number of aromatic nitrogens is 5. The number of rotatable bonds is 8. The predicted octanol–water partition coefficient (Wildman–Crippen LogP) is 16.1. The Hall–Kier alpha value is -9.19. The number of nitrogens with zero attached hydrogens (tertiary/aromatic N) is 5. The highest BCUT2D eigenvalue weighted by Crippen LogP contribution is 2.42. The van der Waals surface area contributed by atoms with E-state index in [2.05, 4.69) is 246 Å². The second-order valence-electron chi connectivity index (χ2n) is 17.2. The molecule has 10 aromatic carbocycles. The molecular formula is C63H41N5. The number of para-hydroxylation sites is 6. The van der Waals surface area contributed by atoms with E-state index < -0.39 is 0 Å². The average molecular weight is 868 g/mol. The number of imidazole rings is 2. The molecule has 0 saturated carbocycles. The fourth-order valence-electron chi connectivity index (χ4n) is 9.78. The molecule has 0 N–H and O–H groups in total. The summed E-state index contributed by atoms with van der Waals surface area (Å²) in [7, 11) is 0. The van der Waals surface area contributed by atoms with Crippen molar-refractivity contribution in [1.82, 2.24) is 24.1 Å². The Labute approximate surface area is 393 Å². The van der Waals surface area contributed by atoms with Gasteiger partial charge in [0.2, 0.25) is 0 Å². The van der Waals surface area contributed by atoms with Gasteiger partial charge in [-0.3, -0.25) is 9.13 Å². The second kappa shape index (κ2) is 16.4. The van der Waals surface area contributed by atoms with Gasteiger partial charge in [-0.15, -0.1) is 0 Å². The Balaban J connectivity index is 1.01. The minimum Gasteiger partial charge on any atom is -0.292 e. The van der Waals surface area contributed by atoms with E-state index in [1.54, 1.807) is 0 Å². The van der Waals surface area contributed by atoms with E-state index in [-0.39, 0.29) is 0 Å². The summed E-state index contributed by atoms with van der Waals surface area (Å²) in [5, 5.41) is 4.72. The molecule has 0 radical (unpaired) electrons. The van der Waals surface area contributed by atoms with E-state index in [4.69, 9.17) is 15.0 Å². The van der Waals surface area contributed by atoms with Gasteiger partial charge in [0.15, 0.2) is 0 Å². The van der Waals surface area contributed by atoms with Gasteiger partial charge in [0.25, 0.3) is 0 Å². The normalized spacial score (nSPS) is 11.5. The summed E-state index contributed by atoms with van der Waals surface area (Å²) >= 11 is 0. The van der Waals surface area contributed by atoms with Crippen LogP contribution in [0.1, 0.15) is 0 Å². The summed E-state index contributed by atoms with van der Waals surface area (Å²) < 4.78 is 4.50. The SMILES string of the molecule is c1ccc(-n2c(-c3ccc(-c4cc(-c5ccc(-c6nc7ccccc7n6-c6ccccc6)cc5)c(-c5ccc6ccccc6c5)nc4-c4ccc5ccccc5c4)cc3)nc3ccccc32)cc1. The van der Waals surface area contributed by atoms with Crippen molar-refractivity contribution in [3.8, 4) is 78.9 Å². The molecule has 0 aliphatic rings. The maximum absolute atomic E-state index is 5.77. The van der Waals surface area contributed by atoms with Crippen LogP contribution in [-0.4, -0.2) is 24.1 Å². The van der Waals surface area contributed by atoms with E-state index in [0.717, 1.165) is 101 Å². The highest BCUT2D eigenvalue weighted by atomic mass is 15.1. The first-order valence-corrected chi connectivity index (χ1v) is 23.0. The molecular weight excluding hydrogens is 827 g/mol. The standard InChI is InChI=1S/C63H41N5/c1-3-19-52(20-4-1)67-58-25-13-11-23-56(58)64-62(67)46-33-29-44(30-34-46)54-41-55(45-31-35-47(36-32-45)63-65-57-24-12-14-26-59(57)68(63)53-21-5-2-6-22-53)61(51-38-28-43-16-8-10-18-49(43)40-51)66-60(54)50-37-27-42-15-7-9-17-48(42)39-50/h1-41H. The largest absolute Gasteiger partial charge is 0.292 e. The van der Waals surface area contributed by atoms with Gasteiger partial charge in [0, 0.05) is 44.8 Å². The second-order valence-corrected chi connectivity index (χ2v) is 17.2. The van der Waals surface area contributed by atoms with Crippen LogP contribution in [0.25, 0.3) is 123 Å². The zero-order valence-corrected chi connectivity index (χ0v) is 36.9. The molecule has 5 nitrogen and oxygen atoms in total. The third kappa shape index (κ3) is 6.84. The topological polar surface area (TPSA) is 48.5 Å². The lowest BCUT2D eigenvalue weighted by molar-refractivity contribution is 1.10. The zero-order valence-electron chi connectivity index (χ0n) is 36.9. The summed E-state index contributed by atoms with van der Waals surface area (Å²) in [6, 6.07) is 88.1. The lowest BCUT2D eigenvalue weighted by atomic mass is 9.90. The molecule has 68 heavy (non-hydrogen) atoms. The van der Waals surface area contributed by atoms with Crippen LogP contribution in [0.4, 0.5) is 0 Å². The van der Waals surface area contributed by atoms with Gasteiger partial charge in [-0.25, -0.2) is 15.0 Å². The van der Waals surface area contributed by atoms with Crippen molar-refractivity contribution in [1.29, 1.82) is 0 Å². The van der Waals surface area contributed by atoms with Crippen LogP contribution in [0.15, 0.2) is 249 Å². The van der Waals surface area contributed by atoms with Crippen molar-refractivity contribution < 1.29 is 0 Å². The smallest absolute Gasteiger partial charge is 0.145 e. The fraction of sp³-hybridized carbons (Fsp3) is 0. The van der Waals surface area contributed by atoms with Crippen LogP contribution in [0.5, 0.6) is 0 Å². The van der Waals surface area contributed by atoms with E-state index in [9.17, 15) is 0 Å². The van der Waals surface area contributed by atoms with Crippen LogP contribution in [0, 0.1) is 0 Å². The monoisotopic (exact) mass is 867 g/mol. The summed E-state index contributed by atoms with van der Waals surface area (Å²) in [6.07, 6.45) is 0. The van der Waals surface area contributed by atoms with Crippen LogP contribution in [0.3, 0.4) is 0 Å². The molecule has 0 aliphatic heterocycles. The van der Waals surface area contributed by atoms with Crippen molar-refractivity contribution in [2.75, 3.05) is 0 Å². The molecule has 13 rings (SSSR count). The fourth-order valence-corrected chi connectivity index (χ4v) is 9.78. The van der Waals surface area contributed by atoms with Gasteiger partial charge >= 0.3 is 0 Å². The van der Waals surface area contributed by atoms with Gasteiger partial charge in [-0.1, -0.05) is 182 Å². The van der Waals surface area contributed by atoms with Crippen molar-refractivity contribution in [3.05, 3.63) is 249 Å². The molecule has 318 valence electrons. The molecule has 0 bridgehead atoms. The van der Waals surface area contributed by atoms with Gasteiger partial charge < -0.3 is 0 Å². The third-order valence-corrected chi connectivity index (χ3v) is 13.1. The molecule has 3 aromatic heterocycles. The number of hydrogen-bond donors (Lipinski definition) is 0. The summed E-state index contributed by atoms with van der Waals surface area (Å²) in [5.74, 6) is 1.79. The van der Waals surface area contributed by atoms with E-state index in [1.807, 2.05) is 12.1 Å². The molecule has 13 aromatic rings. The molecule has 0 unspecified atom stereocenters. The molecule has 0 saturated heterocycles. The Morgan fingerprint density at radius 2 is 0.603 bits per heavy atom. The Morgan fingerprint density at radius 1 is 0.250 bits per heavy atom. The molecule has 0 fully saturated rings. The average Bonchev–Trinajstić information content (AvgIpc) is 4.01. The van der Waals surface area contributed by atoms with Crippen LogP contribution in [-0.2, 0) is 0 Å². The van der Waals surface area contributed by atoms with Crippen LogP contribution < -0.4 is 0 Å². The van der Waals surface area contributed by atoms with Crippen molar-refractivity contribution >= 4 is 43.6 Å². The maximum atomic E-state index is 5.77. The quantitative estimate of drug-likeness (QED) is 0.153. The van der Waals surface area contributed by atoms with E-state index in [0.29, 0.717) is 0 Å². The number of fused-ring (bicyclic) bond motifs is 4. The summed E-state index contributed by atoms with van der Waals surface area (Å²) in [4.78, 5) is 16.1. The lowest BCUT2D eigenvalue weighted by Crippen LogP contribution is -1.99. The van der Waals surface area contributed by atoms with Crippen molar-refractivity contribution in [2.45, 2.75) is 0 Å². The summed E-state index contributed by atoms with van der Waals surface area (Å²) in [5.41, 5.74) is 16.4. The molecule has 0 amide bonds.